The SMILES string of the molecule is C=CCOc1ccc(/C=N/NC(=O)c2cccnc2)cc1OC. The van der Waals surface area contributed by atoms with Gasteiger partial charge in [0.05, 0.1) is 18.9 Å². The van der Waals surface area contributed by atoms with E-state index in [0.717, 1.165) is 5.56 Å². The molecule has 1 heterocycles. The Balaban J connectivity index is 2.02. The average Bonchev–Trinajstić information content (AvgIpc) is 2.61. The smallest absolute Gasteiger partial charge is 0.272 e. The summed E-state index contributed by atoms with van der Waals surface area (Å²) in [4.78, 5) is 15.7. The number of methoxy groups -OCH3 is 1. The molecule has 23 heavy (non-hydrogen) atoms. The molecule has 0 fully saturated rings. The van der Waals surface area contributed by atoms with Crippen molar-refractivity contribution in [1.29, 1.82) is 0 Å². The third-order valence-electron chi connectivity index (χ3n) is 2.85. The van der Waals surface area contributed by atoms with Gasteiger partial charge in [-0.1, -0.05) is 12.7 Å². The van der Waals surface area contributed by atoms with E-state index in [2.05, 4.69) is 22.1 Å². The molecule has 0 saturated carbocycles. The van der Waals surface area contributed by atoms with Crippen LogP contribution in [-0.4, -0.2) is 30.8 Å². The van der Waals surface area contributed by atoms with Crippen LogP contribution in [0.2, 0.25) is 0 Å². The fourth-order valence-electron chi connectivity index (χ4n) is 1.76. The van der Waals surface area contributed by atoms with Crippen LogP contribution in [0.25, 0.3) is 0 Å². The van der Waals surface area contributed by atoms with E-state index in [1.165, 1.54) is 12.4 Å². The van der Waals surface area contributed by atoms with Crippen molar-refractivity contribution in [2.75, 3.05) is 13.7 Å². The molecule has 0 aliphatic rings. The lowest BCUT2D eigenvalue weighted by Gasteiger charge is -2.09. The van der Waals surface area contributed by atoms with E-state index in [1.807, 2.05) is 0 Å². The van der Waals surface area contributed by atoms with Crippen molar-refractivity contribution in [2.45, 2.75) is 0 Å². The first-order valence-corrected chi connectivity index (χ1v) is 6.89. The maximum absolute atomic E-state index is 11.8. The highest BCUT2D eigenvalue weighted by atomic mass is 16.5. The zero-order valence-electron chi connectivity index (χ0n) is 12.7. The van der Waals surface area contributed by atoms with Crippen molar-refractivity contribution in [3.05, 3.63) is 66.5 Å². The van der Waals surface area contributed by atoms with Crippen molar-refractivity contribution >= 4 is 12.1 Å². The zero-order chi connectivity index (χ0) is 16.5. The van der Waals surface area contributed by atoms with E-state index < -0.39 is 0 Å². The van der Waals surface area contributed by atoms with Crippen LogP contribution in [0.3, 0.4) is 0 Å². The maximum Gasteiger partial charge on any atom is 0.272 e. The van der Waals surface area contributed by atoms with E-state index >= 15 is 0 Å². The predicted molar refractivity (Wildman–Crippen MR) is 88.0 cm³/mol. The molecule has 0 saturated heterocycles. The Bertz CT molecular complexity index is 699. The minimum absolute atomic E-state index is 0.327. The van der Waals surface area contributed by atoms with Gasteiger partial charge in [0.1, 0.15) is 6.61 Å². The lowest BCUT2D eigenvalue weighted by Crippen LogP contribution is -2.17. The van der Waals surface area contributed by atoms with Gasteiger partial charge in [0, 0.05) is 12.4 Å². The van der Waals surface area contributed by atoms with Gasteiger partial charge in [-0.05, 0) is 35.9 Å². The number of nitrogens with zero attached hydrogens (tertiary/aromatic N) is 2. The highest BCUT2D eigenvalue weighted by Gasteiger charge is 2.05. The monoisotopic (exact) mass is 311 g/mol. The quantitative estimate of drug-likeness (QED) is 0.484. The number of benzene rings is 1. The molecule has 6 nitrogen and oxygen atoms in total. The highest BCUT2D eigenvalue weighted by Crippen LogP contribution is 2.27. The second-order valence-electron chi connectivity index (χ2n) is 4.45. The lowest BCUT2D eigenvalue weighted by atomic mass is 10.2. The molecule has 0 atom stereocenters. The third kappa shape index (κ3) is 4.67. The Labute approximate surface area is 134 Å². The van der Waals surface area contributed by atoms with Gasteiger partial charge in [-0.25, -0.2) is 5.43 Å². The van der Waals surface area contributed by atoms with Crippen LogP contribution in [0.1, 0.15) is 15.9 Å². The van der Waals surface area contributed by atoms with Crippen LogP contribution < -0.4 is 14.9 Å². The van der Waals surface area contributed by atoms with Gasteiger partial charge in [-0.15, -0.1) is 0 Å². The maximum atomic E-state index is 11.8. The Kier molecular flexibility index (Phi) is 5.88. The van der Waals surface area contributed by atoms with E-state index in [9.17, 15) is 4.79 Å². The summed E-state index contributed by atoms with van der Waals surface area (Å²) in [5.41, 5.74) is 3.64. The van der Waals surface area contributed by atoms with Gasteiger partial charge in [0.25, 0.3) is 5.91 Å². The van der Waals surface area contributed by atoms with Crippen LogP contribution >= 0.6 is 0 Å². The van der Waals surface area contributed by atoms with Crippen LogP contribution in [-0.2, 0) is 0 Å². The van der Waals surface area contributed by atoms with Crippen molar-refractivity contribution in [3.63, 3.8) is 0 Å². The van der Waals surface area contributed by atoms with Crippen LogP contribution in [0.15, 0.2) is 60.5 Å². The third-order valence-corrected chi connectivity index (χ3v) is 2.85. The molecular weight excluding hydrogens is 294 g/mol. The molecule has 118 valence electrons. The summed E-state index contributed by atoms with van der Waals surface area (Å²) in [6.07, 6.45) is 6.25. The Morgan fingerprint density at radius 3 is 2.96 bits per heavy atom. The first-order chi connectivity index (χ1) is 11.2. The predicted octanol–water partition coefficient (Wildman–Crippen LogP) is 2.42. The minimum Gasteiger partial charge on any atom is -0.493 e. The number of rotatable bonds is 7. The standard InChI is InChI=1S/C17H17N3O3/c1-3-9-23-15-7-6-13(10-16(15)22-2)11-19-20-17(21)14-5-4-8-18-12-14/h3-8,10-12H,1,9H2,2H3,(H,20,21)/b19-11+. The molecule has 0 aliphatic heterocycles. The van der Waals surface area contributed by atoms with Gasteiger partial charge in [0.2, 0.25) is 0 Å². The summed E-state index contributed by atoms with van der Waals surface area (Å²) < 4.78 is 10.7. The number of carbonyl (C=O) groups excluding carboxylic acids is 1. The van der Waals surface area contributed by atoms with E-state index in [4.69, 9.17) is 9.47 Å². The molecule has 0 spiro atoms. The number of nitrogens with one attached hydrogen (secondary N) is 1. The summed E-state index contributed by atoms with van der Waals surface area (Å²) in [6, 6.07) is 8.68. The summed E-state index contributed by atoms with van der Waals surface area (Å²) in [5, 5.41) is 3.92. The molecule has 1 aromatic heterocycles. The van der Waals surface area contributed by atoms with Gasteiger partial charge in [-0.3, -0.25) is 9.78 Å². The fraction of sp³-hybridized carbons (Fsp3) is 0.118. The van der Waals surface area contributed by atoms with Crippen molar-refractivity contribution in [3.8, 4) is 11.5 Å². The topological polar surface area (TPSA) is 72.8 Å². The molecule has 1 aromatic carbocycles. The highest BCUT2D eigenvalue weighted by molar-refractivity contribution is 5.94. The van der Waals surface area contributed by atoms with Crippen LogP contribution in [0, 0.1) is 0 Å². The Morgan fingerprint density at radius 2 is 2.26 bits per heavy atom. The molecule has 1 N–H and O–H groups in total. The second-order valence-corrected chi connectivity index (χ2v) is 4.45. The molecule has 2 aromatic rings. The van der Waals surface area contributed by atoms with Gasteiger partial charge in [-0.2, -0.15) is 5.10 Å². The second kappa shape index (κ2) is 8.33. The van der Waals surface area contributed by atoms with Gasteiger partial charge in [0.15, 0.2) is 11.5 Å². The van der Waals surface area contributed by atoms with E-state index in [0.29, 0.717) is 23.7 Å². The molecule has 6 heteroatoms. The lowest BCUT2D eigenvalue weighted by molar-refractivity contribution is 0.0955. The number of aromatic nitrogens is 1. The number of ether oxygens (including phenoxy) is 2. The molecule has 0 aliphatic carbocycles. The molecule has 0 unspecified atom stereocenters. The fourth-order valence-corrected chi connectivity index (χ4v) is 1.76. The minimum atomic E-state index is -0.327. The summed E-state index contributed by atoms with van der Waals surface area (Å²) in [6.45, 7) is 3.99. The normalized spacial score (nSPS) is 10.3. The van der Waals surface area contributed by atoms with Crippen molar-refractivity contribution < 1.29 is 14.3 Å². The molecule has 2 rings (SSSR count). The average molecular weight is 311 g/mol. The number of carbonyl (C=O) groups is 1. The molecule has 0 radical (unpaired) electrons. The summed E-state index contributed by atoms with van der Waals surface area (Å²) in [5.74, 6) is 0.866. The summed E-state index contributed by atoms with van der Waals surface area (Å²) >= 11 is 0. The Morgan fingerprint density at radius 1 is 1.39 bits per heavy atom. The molecular formula is C17H17N3O3. The summed E-state index contributed by atoms with van der Waals surface area (Å²) in [7, 11) is 1.56. The van der Waals surface area contributed by atoms with E-state index in [1.54, 1.807) is 49.7 Å². The number of hydrogen-bond donors (Lipinski definition) is 1. The number of hydrogen-bond acceptors (Lipinski definition) is 5. The first-order valence-electron chi connectivity index (χ1n) is 6.89. The van der Waals surface area contributed by atoms with Crippen molar-refractivity contribution in [2.24, 2.45) is 5.10 Å². The molecule has 0 bridgehead atoms. The zero-order valence-corrected chi connectivity index (χ0v) is 12.7. The van der Waals surface area contributed by atoms with Gasteiger partial charge < -0.3 is 9.47 Å². The van der Waals surface area contributed by atoms with Crippen molar-refractivity contribution in [1.82, 2.24) is 10.4 Å². The number of pyridine rings is 1. The number of hydrazone groups is 1. The number of amides is 1. The Hall–Kier alpha value is -3.15. The first kappa shape index (κ1) is 16.2. The largest absolute Gasteiger partial charge is 0.493 e. The van der Waals surface area contributed by atoms with E-state index in [-0.39, 0.29) is 5.91 Å². The van der Waals surface area contributed by atoms with Gasteiger partial charge >= 0.3 is 0 Å². The van der Waals surface area contributed by atoms with Crippen LogP contribution in [0.5, 0.6) is 11.5 Å². The van der Waals surface area contributed by atoms with Crippen LogP contribution in [0.4, 0.5) is 0 Å². The molecule has 1 amide bonds.